The number of ether oxygens (including phenoxy) is 3. The number of nitrogens with one attached hydrogen (secondary N) is 2. The Bertz CT molecular complexity index is 1720. The molecule has 3 aliphatic rings. The number of carbonyl (C=O) groups is 1. The third kappa shape index (κ3) is 5.40. The van der Waals surface area contributed by atoms with Gasteiger partial charge in [0.2, 0.25) is 0 Å². The zero-order valence-corrected chi connectivity index (χ0v) is 25.5. The van der Waals surface area contributed by atoms with Crippen molar-refractivity contribution in [3.8, 4) is 11.5 Å². The molecule has 11 heteroatoms. The first-order valence-corrected chi connectivity index (χ1v) is 15.5. The maximum absolute atomic E-state index is 14.8. The van der Waals surface area contributed by atoms with E-state index in [1.165, 1.54) is 6.07 Å². The Morgan fingerprint density at radius 3 is 2.66 bits per heavy atom. The number of carbonyl (C=O) groups excluding carboxylic acids is 1. The zero-order chi connectivity index (χ0) is 30.4. The number of nitrogens with zero attached hydrogens (tertiary/aromatic N) is 3. The SMILES string of the molecule is CNNC(=O)c1ccc2c(c1)nc(CN1CCC(c3cccc4c3OC(C)(c3ccc(Cl)cc3F)O4)CC1)n2C[C@@H]1CCO1. The molecule has 230 valence electrons. The summed E-state index contributed by atoms with van der Waals surface area (Å²) in [7, 11) is 1.66. The summed E-state index contributed by atoms with van der Waals surface area (Å²) in [6.45, 7) is 5.74. The predicted octanol–water partition coefficient (Wildman–Crippen LogP) is 5.51. The summed E-state index contributed by atoms with van der Waals surface area (Å²) in [4.78, 5) is 19.8. The summed E-state index contributed by atoms with van der Waals surface area (Å²) in [5.41, 5.74) is 9.07. The van der Waals surface area contributed by atoms with Gasteiger partial charge in [-0.2, -0.15) is 0 Å². The summed E-state index contributed by atoms with van der Waals surface area (Å²) < 4.78 is 35.4. The van der Waals surface area contributed by atoms with Crippen LogP contribution in [0.25, 0.3) is 11.0 Å². The molecule has 3 aliphatic heterocycles. The smallest absolute Gasteiger partial charge is 0.278 e. The maximum Gasteiger partial charge on any atom is 0.278 e. The highest BCUT2D eigenvalue weighted by molar-refractivity contribution is 6.30. The molecule has 4 aromatic rings. The van der Waals surface area contributed by atoms with Gasteiger partial charge >= 0.3 is 0 Å². The Labute approximate surface area is 260 Å². The minimum absolute atomic E-state index is 0.179. The zero-order valence-electron chi connectivity index (χ0n) is 24.7. The lowest BCUT2D eigenvalue weighted by molar-refractivity contribution is -0.0712. The Morgan fingerprint density at radius 1 is 1.11 bits per heavy atom. The van der Waals surface area contributed by atoms with Crippen molar-refractivity contribution in [2.24, 2.45) is 0 Å². The van der Waals surface area contributed by atoms with Crippen molar-refractivity contribution >= 4 is 28.5 Å². The van der Waals surface area contributed by atoms with E-state index in [2.05, 4.69) is 26.4 Å². The number of imidazole rings is 1. The first-order chi connectivity index (χ1) is 21.3. The van der Waals surface area contributed by atoms with Crippen LogP contribution >= 0.6 is 11.6 Å². The van der Waals surface area contributed by atoms with E-state index in [-0.39, 0.29) is 17.9 Å². The number of rotatable bonds is 8. The highest BCUT2D eigenvalue weighted by Gasteiger charge is 2.43. The van der Waals surface area contributed by atoms with Crippen molar-refractivity contribution in [3.63, 3.8) is 0 Å². The number of fused-ring (bicyclic) bond motifs is 2. The van der Waals surface area contributed by atoms with E-state index in [0.29, 0.717) is 34.2 Å². The predicted molar refractivity (Wildman–Crippen MR) is 164 cm³/mol. The lowest BCUT2D eigenvalue weighted by Gasteiger charge is -2.33. The molecule has 1 unspecified atom stereocenters. The summed E-state index contributed by atoms with van der Waals surface area (Å²) in [6.07, 6.45) is 3.08. The van der Waals surface area contributed by atoms with E-state index in [0.717, 1.165) is 67.9 Å². The molecule has 44 heavy (non-hydrogen) atoms. The molecule has 1 aromatic heterocycles. The maximum atomic E-state index is 14.8. The van der Waals surface area contributed by atoms with Gasteiger partial charge in [-0.05, 0) is 80.7 Å². The van der Waals surface area contributed by atoms with Crippen molar-refractivity contribution < 1.29 is 23.4 Å². The second kappa shape index (κ2) is 11.7. The van der Waals surface area contributed by atoms with Crippen molar-refractivity contribution in [1.29, 1.82) is 0 Å². The lowest BCUT2D eigenvalue weighted by atomic mass is 9.88. The highest BCUT2D eigenvalue weighted by Crippen LogP contribution is 2.49. The molecule has 7 rings (SSSR count). The molecule has 1 amide bonds. The average Bonchev–Trinajstić information content (AvgIpc) is 3.51. The topological polar surface area (TPSA) is 89.9 Å². The number of amides is 1. The molecule has 2 saturated heterocycles. The van der Waals surface area contributed by atoms with Crippen molar-refractivity contribution in [1.82, 2.24) is 25.3 Å². The van der Waals surface area contributed by atoms with E-state index in [9.17, 15) is 9.18 Å². The third-order valence-electron chi connectivity index (χ3n) is 8.93. The number of hydrogen-bond donors (Lipinski definition) is 2. The van der Waals surface area contributed by atoms with E-state index in [1.807, 2.05) is 30.3 Å². The van der Waals surface area contributed by atoms with E-state index >= 15 is 0 Å². The molecule has 0 spiro atoms. The molecule has 2 fully saturated rings. The number of para-hydroxylation sites is 1. The number of hydrogen-bond acceptors (Lipinski definition) is 7. The minimum Gasteiger partial charge on any atom is -0.444 e. The first kappa shape index (κ1) is 29.0. The monoisotopic (exact) mass is 619 g/mol. The molecule has 0 radical (unpaired) electrons. The van der Waals surface area contributed by atoms with Crippen LogP contribution in [0.3, 0.4) is 0 Å². The van der Waals surface area contributed by atoms with Crippen LogP contribution in [0.4, 0.5) is 4.39 Å². The van der Waals surface area contributed by atoms with Crippen LogP contribution in [0.15, 0.2) is 54.6 Å². The Morgan fingerprint density at radius 2 is 1.93 bits per heavy atom. The van der Waals surface area contributed by atoms with Crippen molar-refractivity contribution in [3.05, 3.63) is 88.0 Å². The number of benzene rings is 3. The molecule has 0 bridgehead atoms. The van der Waals surface area contributed by atoms with Gasteiger partial charge in [-0.25, -0.2) is 14.8 Å². The van der Waals surface area contributed by atoms with Crippen LogP contribution in [0.1, 0.15) is 59.4 Å². The Kier molecular flexibility index (Phi) is 7.70. The first-order valence-electron chi connectivity index (χ1n) is 15.1. The van der Waals surface area contributed by atoms with Crippen LogP contribution in [0.2, 0.25) is 5.02 Å². The molecule has 0 aliphatic carbocycles. The number of hydrazine groups is 1. The average molecular weight is 620 g/mol. The fraction of sp³-hybridized carbons (Fsp3) is 0.394. The second-order valence-electron chi connectivity index (χ2n) is 11.8. The number of halogens is 2. The van der Waals surface area contributed by atoms with Gasteiger partial charge in [0.1, 0.15) is 11.6 Å². The van der Waals surface area contributed by atoms with Gasteiger partial charge in [0.15, 0.2) is 11.5 Å². The molecule has 9 nitrogen and oxygen atoms in total. The molecule has 2 atom stereocenters. The van der Waals surface area contributed by atoms with Gasteiger partial charge in [-0.15, -0.1) is 0 Å². The summed E-state index contributed by atoms with van der Waals surface area (Å²) in [6, 6.07) is 16.1. The van der Waals surface area contributed by atoms with Crippen LogP contribution in [-0.2, 0) is 23.6 Å². The van der Waals surface area contributed by atoms with E-state index in [1.54, 1.807) is 26.1 Å². The van der Waals surface area contributed by atoms with Crippen LogP contribution in [0.5, 0.6) is 11.5 Å². The van der Waals surface area contributed by atoms with Gasteiger partial charge < -0.3 is 18.8 Å². The van der Waals surface area contributed by atoms with Gasteiger partial charge in [0.05, 0.1) is 35.8 Å². The fourth-order valence-electron chi connectivity index (χ4n) is 6.50. The third-order valence-corrected chi connectivity index (χ3v) is 9.17. The second-order valence-corrected chi connectivity index (χ2v) is 12.3. The normalized spacial score (nSPS) is 21.9. The number of likely N-dealkylation sites (tertiary alicyclic amines) is 1. The molecular weight excluding hydrogens is 585 g/mol. The molecule has 2 N–H and O–H groups in total. The van der Waals surface area contributed by atoms with E-state index in [4.69, 9.17) is 30.8 Å². The van der Waals surface area contributed by atoms with Gasteiger partial charge in [-0.1, -0.05) is 23.7 Å². The number of aromatic nitrogens is 2. The summed E-state index contributed by atoms with van der Waals surface area (Å²) in [5, 5.41) is 0.325. The van der Waals surface area contributed by atoms with E-state index < -0.39 is 11.6 Å². The quantitative estimate of drug-likeness (QED) is 0.252. The Hall–Kier alpha value is -3.70. The molecular formula is C33H35ClFN5O4. The van der Waals surface area contributed by atoms with Gasteiger partial charge in [-0.3, -0.25) is 15.1 Å². The number of piperidine rings is 1. The van der Waals surface area contributed by atoms with Crippen molar-refractivity contribution in [2.45, 2.75) is 57.1 Å². The van der Waals surface area contributed by atoms with Crippen LogP contribution in [0, 0.1) is 5.82 Å². The largest absolute Gasteiger partial charge is 0.444 e. The summed E-state index contributed by atoms with van der Waals surface area (Å²) in [5.74, 6) is 0.617. The minimum atomic E-state index is -1.27. The van der Waals surface area contributed by atoms with Crippen LogP contribution in [-0.4, -0.2) is 53.2 Å². The summed E-state index contributed by atoms with van der Waals surface area (Å²) >= 11 is 5.98. The highest BCUT2D eigenvalue weighted by atomic mass is 35.5. The standard InChI is InChI=1S/C33H35ClFN5O4/c1-33(25-8-7-22(34)17-26(25)35)43-29-5-3-4-24(31(29)44-33)20-10-13-39(14-11-20)19-30-37-27-16-21(32(41)38-36-2)6-9-28(27)40(30)18-23-12-15-42-23/h3-9,16-17,20,23,36H,10-15,18-19H2,1-2H3,(H,38,41)/t23-,33?/m0/s1. The molecule has 4 heterocycles. The van der Waals surface area contributed by atoms with Gasteiger partial charge in [0.25, 0.3) is 11.7 Å². The molecule has 3 aromatic carbocycles. The fourth-order valence-corrected chi connectivity index (χ4v) is 6.66. The van der Waals surface area contributed by atoms with Gasteiger partial charge in [0, 0.05) is 36.7 Å². The van der Waals surface area contributed by atoms with Crippen molar-refractivity contribution in [2.75, 3.05) is 26.7 Å². The lowest BCUT2D eigenvalue weighted by Crippen LogP contribution is -2.35. The van der Waals surface area contributed by atoms with Crippen LogP contribution < -0.4 is 20.3 Å². The molecule has 0 saturated carbocycles. The Balaban J connectivity index is 1.07.